The van der Waals surface area contributed by atoms with E-state index in [1.165, 1.54) is 0 Å². The zero-order valence-corrected chi connectivity index (χ0v) is 6.14. The average molecular weight is 174 g/mol. The Bertz CT molecular complexity index is 269. The summed E-state index contributed by atoms with van der Waals surface area (Å²) in [6, 6.07) is 0. The third-order valence-electron chi connectivity index (χ3n) is 1.16. The molecule has 1 aliphatic heterocycles. The van der Waals surface area contributed by atoms with Gasteiger partial charge in [-0.1, -0.05) is 0 Å². The summed E-state index contributed by atoms with van der Waals surface area (Å²) in [4.78, 5) is 31.5. The quantitative estimate of drug-likeness (QED) is 0.462. The van der Waals surface area contributed by atoms with Crippen molar-refractivity contribution in [2.45, 2.75) is 6.42 Å². The second kappa shape index (κ2) is 2.84. The molecule has 0 bridgehead atoms. The van der Waals surface area contributed by atoms with Crippen LogP contribution in [0.15, 0.2) is 11.6 Å². The maximum Gasteiger partial charge on any atom is 0.254 e. The molecule has 0 radical (unpaired) electrons. The highest BCUT2D eigenvalue weighted by atomic mass is 35.5. The predicted molar refractivity (Wildman–Crippen MR) is 36.7 cm³/mol. The normalized spacial score (nSPS) is 16.3. The molecule has 0 spiro atoms. The van der Waals surface area contributed by atoms with Crippen LogP contribution in [0.25, 0.3) is 0 Å². The summed E-state index contributed by atoms with van der Waals surface area (Å²) in [7, 11) is 0. The van der Waals surface area contributed by atoms with Gasteiger partial charge in [0.15, 0.2) is 0 Å². The van der Waals surface area contributed by atoms with E-state index in [4.69, 9.17) is 11.6 Å². The Morgan fingerprint density at radius 2 is 2.18 bits per heavy atom. The summed E-state index contributed by atoms with van der Waals surface area (Å²) in [5, 5.41) is 1.34. The molecule has 0 aromatic heterocycles. The Balaban J connectivity index is 2.72. The first-order valence-corrected chi connectivity index (χ1v) is 3.21. The van der Waals surface area contributed by atoms with Crippen molar-refractivity contribution in [3.8, 4) is 0 Å². The molecular weight excluding hydrogens is 170 g/mol. The van der Waals surface area contributed by atoms with Crippen LogP contribution in [0.3, 0.4) is 0 Å². The van der Waals surface area contributed by atoms with Crippen molar-refractivity contribution in [3.05, 3.63) is 11.6 Å². The lowest BCUT2D eigenvalue weighted by molar-refractivity contribution is -0.124. The molecule has 0 unspecified atom stereocenters. The minimum absolute atomic E-state index is 0.120. The Labute approximate surface area is 67.2 Å². The SMILES string of the molecule is O=C(Cl)CC1=CC(=O)NC1=O. The second-order valence-corrected chi connectivity index (χ2v) is 2.44. The van der Waals surface area contributed by atoms with Crippen LogP contribution in [0.1, 0.15) is 6.42 Å². The van der Waals surface area contributed by atoms with Gasteiger partial charge in [-0.05, 0) is 11.6 Å². The molecule has 1 aliphatic rings. The molecular formula is C6H4ClNO3. The number of carbonyl (C=O) groups excluding carboxylic acids is 3. The minimum atomic E-state index is -0.652. The number of carbonyl (C=O) groups is 3. The smallest absolute Gasteiger partial charge is 0.254 e. The fourth-order valence-corrected chi connectivity index (χ4v) is 0.877. The number of amides is 2. The lowest BCUT2D eigenvalue weighted by Crippen LogP contribution is -2.22. The van der Waals surface area contributed by atoms with Gasteiger partial charge < -0.3 is 0 Å². The van der Waals surface area contributed by atoms with Gasteiger partial charge in [0, 0.05) is 11.6 Å². The number of halogens is 1. The average Bonchev–Trinajstić information content (AvgIpc) is 2.09. The predicted octanol–water partition coefficient (Wildman–Crippen LogP) is -0.275. The van der Waals surface area contributed by atoms with Gasteiger partial charge in [0.2, 0.25) is 5.24 Å². The van der Waals surface area contributed by atoms with Gasteiger partial charge in [0.1, 0.15) is 0 Å². The maximum atomic E-state index is 10.7. The van der Waals surface area contributed by atoms with E-state index in [0.29, 0.717) is 0 Å². The summed E-state index contributed by atoms with van der Waals surface area (Å²) in [5.41, 5.74) is 0.120. The van der Waals surface area contributed by atoms with Crippen molar-refractivity contribution in [2.24, 2.45) is 0 Å². The number of hydrogen-bond donors (Lipinski definition) is 1. The van der Waals surface area contributed by atoms with Crippen molar-refractivity contribution in [3.63, 3.8) is 0 Å². The number of rotatable bonds is 2. The third-order valence-corrected chi connectivity index (χ3v) is 1.30. The van der Waals surface area contributed by atoms with Crippen LogP contribution in [0, 0.1) is 0 Å². The lowest BCUT2D eigenvalue weighted by Gasteiger charge is -1.91. The molecule has 0 saturated heterocycles. The Morgan fingerprint density at radius 1 is 1.55 bits per heavy atom. The largest absolute Gasteiger partial charge is 0.289 e. The molecule has 0 aromatic carbocycles. The van der Waals surface area contributed by atoms with Gasteiger partial charge in [0.05, 0.1) is 6.42 Å². The minimum Gasteiger partial charge on any atom is -0.289 e. The summed E-state index contributed by atoms with van der Waals surface area (Å²) in [5.74, 6) is -1.04. The molecule has 0 fully saturated rings. The van der Waals surface area contributed by atoms with Crippen LogP contribution in [0.2, 0.25) is 0 Å². The van der Waals surface area contributed by atoms with Crippen molar-refractivity contribution >= 4 is 28.7 Å². The van der Waals surface area contributed by atoms with Crippen molar-refractivity contribution in [1.82, 2.24) is 5.32 Å². The molecule has 2 amide bonds. The van der Waals surface area contributed by atoms with Crippen LogP contribution in [0.4, 0.5) is 0 Å². The summed E-state index contributed by atoms with van der Waals surface area (Å²) in [6.07, 6.45) is 0.877. The topological polar surface area (TPSA) is 63.2 Å². The fourth-order valence-electron chi connectivity index (χ4n) is 0.733. The molecule has 58 valence electrons. The highest BCUT2D eigenvalue weighted by Gasteiger charge is 2.21. The molecule has 11 heavy (non-hydrogen) atoms. The monoisotopic (exact) mass is 173 g/mol. The Morgan fingerprint density at radius 3 is 2.55 bits per heavy atom. The van der Waals surface area contributed by atoms with Crippen LogP contribution < -0.4 is 5.32 Å². The summed E-state index contributed by atoms with van der Waals surface area (Å²) < 4.78 is 0. The van der Waals surface area contributed by atoms with Gasteiger partial charge >= 0.3 is 0 Å². The van der Waals surface area contributed by atoms with Crippen molar-refractivity contribution in [1.29, 1.82) is 0 Å². The maximum absolute atomic E-state index is 10.7. The highest BCUT2D eigenvalue weighted by Crippen LogP contribution is 2.08. The van der Waals surface area contributed by atoms with Crippen LogP contribution in [0.5, 0.6) is 0 Å². The van der Waals surface area contributed by atoms with Crippen LogP contribution in [-0.4, -0.2) is 17.1 Å². The first kappa shape index (κ1) is 7.94. The van der Waals surface area contributed by atoms with Gasteiger partial charge in [-0.25, -0.2) is 0 Å². The number of hydrogen-bond acceptors (Lipinski definition) is 3. The van der Waals surface area contributed by atoms with E-state index in [1.54, 1.807) is 0 Å². The molecule has 0 saturated carbocycles. The van der Waals surface area contributed by atoms with E-state index < -0.39 is 17.1 Å². The van der Waals surface area contributed by atoms with Crippen molar-refractivity contribution < 1.29 is 14.4 Å². The molecule has 1 rings (SSSR count). The molecule has 0 atom stereocenters. The summed E-state index contributed by atoms with van der Waals surface area (Å²) in [6.45, 7) is 0. The van der Waals surface area contributed by atoms with Gasteiger partial charge in [0.25, 0.3) is 11.8 Å². The standard InChI is InChI=1S/C6H4ClNO3/c7-4(9)1-3-2-5(10)8-6(3)11/h2H,1H2,(H,8,10,11). The second-order valence-electron chi connectivity index (χ2n) is 2.02. The number of imide groups is 1. The van der Waals surface area contributed by atoms with E-state index >= 15 is 0 Å². The van der Waals surface area contributed by atoms with E-state index in [9.17, 15) is 14.4 Å². The van der Waals surface area contributed by atoms with E-state index in [1.807, 2.05) is 5.32 Å². The highest BCUT2D eigenvalue weighted by molar-refractivity contribution is 6.64. The van der Waals surface area contributed by atoms with Crippen LogP contribution in [-0.2, 0) is 14.4 Å². The first-order chi connectivity index (χ1) is 5.09. The molecule has 5 heteroatoms. The molecule has 1 N–H and O–H groups in total. The van der Waals surface area contributed by atoms with Gasteiger partial charge in [-0.2, -0.15) is 0 Å². The van der Waals surface area contributed by atoms with E-state index in [0.717, 1.165) is 6.08 Å². The Kier molecular flexibility index (Phi) is 2.05. The van der Waals surface area contributed by atoms with E-state index in [2.05, 4.69) is 0 Å². The third kappa shape index (κ3) is 1.88. The zero-order valence-electron chi connectivity index (χ0n) is 5.39. The summed E-state index contributed by atoms with van der Waals surface area (Å²) >= 11 is 5.00. The number of nitrogens with one attached hydrogen (secondary N) is 1. The van der Waals surface area contributed by atoms with Gasteiger partial charge in [-0.15, -0.1) is 0 Å². The van der Waals surface area contributed by atoms with Crippen LogP contribution >= 0.6 is 11.6 Å². The fraction of sp³-hybridized carbons (Fsp3) is 0.167. The molecule has 1 heterocycles. The molecule has 4 nitrogen and oxygen atoms in total. The first-order valence-electron chi connectivity index (χ1n) is 2.84. The van der Waals surface area contributed by atoms with E-state index in [-0.39, 0.29) is 12.0 Å². The molecule has 0 aromatic rings. The Hall–Kier alpha value is -1.16. The molecule has 0 aliphatic carbocycles. The van der Waals surface area contributed by atoms with Crippen molar-refractivity contribution in [2.75, 3.05) is 0 Å². The zero-order chi connectivity index (χ0) is 8.43. The lowest BCUT2D eigenvalue weighted by atomic mass is 10.2. The van der Waals surface area contributed by atoms with Gasteiger partial charge in [-0.3, -0.25) is 19.7 Å².